The van der Waals surface area contributed by atoms with E-state index in [0.717, 1.165) is 52.7 Å². The molecule has 0 aliphatic heterocycles. The molecule has 40 heavy (non-hydrogen) atoms. The van der Waals surface area contributed by atoms with Crippen LogP contribution in [0.1, 0.15) is 44.0 Å². The maximum atomic E-state index is 13.1. The first-order chi connectivity index (χ1) is 19.5. The van der Waals surface area contributed by atoms with Crippen LogP contribution in [0.2, 0.25) is 0 Å². The van der Waals surface area contributed by atoms with E-state index in [4.69, 9.17) is 0 Å². The van der Waals surface area contributed by atoms with Gasteiger partial charge in [0.25, 0.3) is 0 Å². The van der Waals surface area contributed by atoms with Crippen molar-refractivity contribution >= 4 is 22.7 Å². The van der Waals surface area contributed by atoms with Crippen LogP contribution in [0, 0.1) is 0 Å². The number of hydrogen-bond donors (Lipinski definition) is 3. The molecule has 0 unspecified atom stereocenters. The molecule has 10 nitrogen and oxygen atoms in total. The highest BCUT2D eigenvalue weighted by Gasteiger charge is 2.19. The third kappa shape index (κ3) is 6.63. The molecule has 0 aliphatic carbocycles. The molecular formula is C30H34N8O2. The molecule has 3 N–H and O–H groups in total. The molecule has 0 aliphatic rings. The number of benzene rings is 2. The highest BCUT2D eigenvalue weighted by molar-refractivity contribution is 5.80. The number of unbranched alkanes of at least 4 members (excludes halogenated alkanes) is 2. The second-order valence-corrected chi connectivity index (χ2v) is 9.91. The van der Waals surface area contributed by atoms with Crippen molar-refractivity contribution in [2.45, 2.75) is 44.7 Å². The molecule has 3 heterocycles. The van der Waals surface area contributed by atoms with Crippen LogP contribution in [0.25, 0.3) is 33.4 Å². The van der Waals surface area contributed by atoms with Crippen molar-refractivity contribution in [1.29, 1.82) is 0 Å². The lowest BCUT2D eigenvalue weighted by atomic mass is 10.1. The van der Waals surface area contributed by atoms with Crippen molar-refractivity contribution in [2.75, 3.05) is 7.05 Å². The molecule has 2 amide bonds. The number of fused-ring (bicyclic) bond motifs is 1. The summed E-state index contributed by atoms with van der Waals surface area (Å²) >= 11 is 0. The number of amides is 2. The minimum Gasteiger partial charge on any atom is -0.359 e. The predicted molar refractivity (Wildman–Crippen MR) is 154 cm³/mol. The van der Waals surface area contributed by atoms with Gasteiger partial charge in [0.15, 0.2) is 0 Å². The lowest BCUT2D eigenvalue weighted by Gasteiger charge is -2.17. The van der Waals surface area contributed by atoms with E-state index in [1.807, 2.05) is 74.0 Å². The quantitative estimate of drug-likeness (QED) is 0.204. The number of rotatable bonds is 12. The van der Waals surface area contributed by atoms with Gasteiger partial charge in [-0.05, 0) is 30.5 Å². The average Bonchev–Trinajstić information content (AvgIpc) is 3.71. The Morgan fingerprint density at radius 1 is 0.950 bits per heavy atom. The highest BCUT2D eigenvalue weighted by Crippen LogP contribution is 2.25. The Hall–Kier alpha value is -4.73. The normalized spacial score (nSPS) is 11.9. The smallest absolute Gasteiger partial charge is 0.242 e. The fraction of sp³-hybridized carbons (Fsp3) is 0.300. The van der Waals surface area contributed by atoms with E-state index >= 15 is 0 Å². The van der Waals surface area contributed by atoms with Crippen LogP contribution in [-0.4, -0.2) is 48.4 Å². The average molecular weight is 539 g/mol. The Balaban J connectivity index is 1.27. The number of carbonyl (C=O) groups is 2. The Morgan fingerprint density at radius 3 is 2.50 bits per heavy atom. The van der Waals surface area contributed by atoms with Crippen LogP contribution in [0.5, 0.6) is 0 Å². The minimum atomic E-state index is -0.293. The van der Waals surface area contributed by atoms with E-state index < -0.39 is 0 Å². The first-order valence-corrected chi connectivity index (χ1v) is 13.6. The van der Waals surface area contributed by atoms with E-state index in [1.54, 1.807) is 22.6 Å². The number of aryl methyl sites for hydroxylation is 1. The SMILES string of the molecule is CNC(=O)CCCCC[C@H](NC(=O)Cn1cc2ccccc2n1)c1ncc(-c2ccc(-c3ccn(C)n3)cc2)[nH]1. The van der Waals surface area contributed by atoms with Crippen LogP contribution < -0.4 is 10.6 Å². The molecule has 206 valence electrons. The highest BCUT2D eigenvalue weighted by atomic mass is 16.2. The molecule has 2 aromatic carbocycles. The maximum Gasteiger partial charge on any atom is 0.242 e. The Labute approximate surface area is 232 Å². The van der Waals surface area contributed by atoms with Gasteiger partial charge in [-0.2, -0.15) is 10.2 Å². The van der Waals surface area contributed by atoms with E-state index in [-0.39, 0.29) is 24.4 Å². The second kappa shape index (κ2) is 12.4. The third-order valence-electron chi connectivity index (χ3n) is 6.91. The second-order valence-electron chi connectivity index (χ2n) is 9.91. The zero-order valence-corrected chi connectivity index (χ0v) is 22.8. The van der Waals surface area contributed by atoms with E-state index in [2.05, 4.69) is 30.8 Å². The summed E-state index contributed by atoms with van der Waals surface area (Å²) in [4.78, 5) is 32.7. The first kappa shape index (κ1) is 26.9. The summed E-state index contributed by atoms with van der Waals surface area (Å²) in [6.07, 6.45) is 9.33. The zero-order chi connectivity index (χ0) is 27.9. The van der Waals surface area contributed by atoms with E-state index in [1.165, 1.54) is 0 Å². The van der Waals surface area contributed by atoms with Gasteiger partial charge in [0.2, 0.25) is 11.8 Å². The van der Waals surface area contributed by atoms with Gasteiger partial charge in [-0.15, -0.1) is 0 Å². The Morgan fingerprint density at radius 2 is 1.75 bits per heavy atom. The number of imidazole rings is 1. The molecule has 10 heteroatoms. The fourth-order valence-corrected chi connectivity index (χ4v) is 4.75. The zero-order valence-electron chi connectivity index (χ0n) is 22.8. The fourth-order valence-electron chi connectivity index (χ4n) is 4.75. The van der Waals surface area contributed by atoms with Crippen molar-refractivity contribution in [1.82, 2.24) is 40.2 Å². The van der Waals surface area contributed by atoms with Crippen molar-refractivity contribution in [3.05, 3.63) is 79.0 Å². The van der Waals surface area contributed by atoms with Crippen molar-refractivity contribution < 1.29 is 9.59 Å². The molecule has 0 saturated carbocycles. The number of hydrogen-bond acceptors (Lipinski definition) is 5. The molecule has 1 atom stereocenters. The largest absolute Gasteiger partial charge is 0.359 e. The molecule has 0 saturated heterocycles. The van der Waals surface area contributed by atoms with Crippen LogP contribution in [0.15, 0.2) is 73.2 Å². The summed E-state index contributed by atoms with van der Waals surface area (Å²) in [5, 5.41) is 15.8. The summed E-state index contributed by atoms with van der Waals surface area (Å²) < 4.78 is 3.45. The summed E-state index contributed by atoms with van der Waals surface area (Å²) in [6.45, 7) is 0.115. The van der Waals surface area contributed by atoms with Crippen LogP contribution in [0.3, 0.4) is 0 Å². The molecule has 0 radical (unpaired) electrons. The van der Waals surface area contributed by atoms with Crippen LogP contribution in [0.4, 0.5) is 0 Å². The number of nitrogens with zero attached hydrogens (tertiary/aromatic N) is 5. The molecule has 0 spiro atoms. The molecule has 0 bridgehead atoms. The van der Waals surface area contributed by atoms with Crippen LogP contribution in [-0.2, 0) is 23.2 Å². The number of carbonyl (C=O) groups excluding carboxylic acids is 2. The van der Waals surface area contributed by atoms with Gasteiger partial charge in [-0.3, -0.25) is 19.0 Å². The van der Waals surface area contributed by atoms with Crippen LogP contribution >= 0.6 is 0 Å². The lowest BCUT2D eigenvalue weighted by Crippen LogP contribution is -2.32. The summed E-state index contributed by atoms with van der Waals surface area (Å²) in [5.74, 6) is 0.608. The molecule has 0 fully saturated rings. The first-order valence-electron chi connectivity index (χ1n) is 13.6. The minimum absolute atomic E-state index is 0.0428. The van der Waals surface area contributed by atoms with Gasteiger partial charge < -0.3 is 15.6 Å². The third-order valence-corrected chi connectivity index (χ3v) is 6.91. The molecule has 5 rings (SSSR count). The Kier molecular flexibility index (Phi) is 8.34. The standard InChI is InChI=1S/C30H34N8O2/c1-31-28(39)11-5-3-4-10-26(33-29(40)20-38-19-23-8-6-7-9-24(23)36-38)30-32-18-27(34-30)22-14-12-21(13-15-22)25-16-17-37(2)35-25/h6-9,12-19,26H,3-5,10-11,20H2,1-2H3,(H,31,39)(H,32,34)(H,33,40)/t26-/m0/s1. The topological polar surface area (TPSA) is 123 Å². The lowest BCUT2D eigenvalue weighted by molar-refractivity contribution is -0.122. The summed E-state index contributed by atoms with van der Waals surface area (Å²) in [5.41, 5.74) is 4.69. The number of aromatic amines is 1. The van der Waals surface area contributed by atoms with Gasteiger partial charge in [-0.25, -0.2) is 4.98 Å². The molecule has 5 aromatic rings. The van der Waals surface area contributed by atoms with E-state index in [9.17, 15) is 9.59 Å². The van der Waals surface area contributed by atoms with Gasteiger partial charge in [-0.1, -0.05) is 55.3 Å². The summed E-state index contributed by atoms with van der Waals surface area (Å²) in [6, 6.07) is 17.6. The monoisotopic (exact) mass is 538 g/mol. The number of nitrogens with one attached hydrogen (secondary N) is 3. The predicted octanol–water partition coefficient (Wildman–Crippen LogP) is 4.38. The number of H-pyrrole nitrogens is 1. The number of aromatic nitrogens is 6. The molecule has 3 aromatic heterocycles. The van der Waals surface area contributed by atoms with Crippen molar-refractivity contribution in [3.63, 3.8) is 0 Å². The van der Waals surface area contributed by atoms with Gasteiger partial charge in [0.1, 0.15) is 12.4 Å². The maximum absolute atomic E-state index is 13.1. The van der Waals surface area contributed by atoms with Gasteiger partial charge in [0, 0.05) is 43.9 Å². The van der Waals surface area contributed by atoms with Gasteiger partial charge >= 0.3 is 0 Å². The molecular weight excluding hydrogens is 504 g/mol. The van der Waals surface area contributed by atoms with Crippen molar-refractivity contribution in [3.8, 4) is 22.5 Å². The summed E-state index contributed by atoms with van der Waals surface area (Å²) in [7, 11) is 3.55. The van der Waals surface area contributed by atoms with Gasteiger partial charge in [0.05, 0.1) is 29.1 Å². The van der Waals surface area contributed by atoms with Crippen molar-refractivity contribution in [2.24, 2.45) is 7.05 Å². The van der Waals surface area contributed by atoms with E-state index in [0.29, 0.717) is 18.7 Å². The Bertz CT molecular complexity index is 1550.